The highest BCUT2D eigenvalue weighted by atomic mass is 79.9. The van der Waals surface area contributed by atoms with Crippen molar-refractivity contribution >= 4 is 39.2 Å². The van der Waals surface area contributed by atoms with Crippen molar-refractivity contribution in [1.29, 1.82) is 0 Å². The van der Waals surface area contributed by atoms with Gasteiger partial charge in [0.1, 0.15) is 11.5 Å². The van der Waals surface area contributed by atoms with Crippen LogP contribution >= 0.6 is 15.9 Å². The van der Waals surface area contributed by atoms with Gasteiger partial charge in [0.25, 0.3) is 5.91 Å². The lowest BCUT2D eigenvalue weighted by Crippen LogP contribution is -2.03. The number of amides is 1. The molecular formula is C15H10BrNO3. The first kappa shape index (κ1) is 12.7. The summed E-state index contributed by atoms with van der Waals surface area (Å²) in [6.45, 7) is 0. The first-order valence-corrected chi connectivity index (χ1v) is 6.69. The average Bonchev–Trinajstić information content (AvgIpc) is 2.73. The van der Waals surface area contributed by atoms with Gasteiger partial charge in [0.05, 0.1) is 5.69 Å². The maximum Gasteiger partial charge on any atom is 0.256 e. The summed E-state index contributed by atoms with van der Waals surface area (Å²) in [4.78, 5) is 12.0. The maximum atomic E-state index is 12.0. The van der Waals surface area contributed by atoms with E-state index in [1.54, 1.807) is 6.08 Å². The number of hydrogen-bond acceptors (Lipinski definition) is 3. The molecule has 2 aromatic rings. The van der Waals surface area contributed by atoms with Crippen molar-refractivity contribution in [2.75, 3.05) is 5.32 Å². The average molecular weight is 332 g/mol. The largest absolute Gasteiger partial charge is 0.508 e. The molecule has 0 radical (unpaired) electrons. The summed E-state index contributed by atoms with van der Waals surface area (Å²) in [7, 11) is 0. The van der Waals surface area contributed by atoms with Gasteiger partial charge in [-0.2, -0.15) is 0 Å². The van der Waals surface area contributed by atoms with Crippen LogP contribution in [0.1, 0.15) is 11.1 Å². The van der Waals surface area contributed by atoms with Crippen molar-refractivity contribution in [2.24, 2.45) is 0 Å². The Hall–Kier alpha value is -2.27. The van der Waals surface area contributed by atoms with E-state index in [9.17, 15) is 15.0 Å². The summed E-state index contributed by atoms with van der Waals surface area (Å²) in [5.74, 6) is -0.205. The second kappa shape index (κ2) is 4.68. The summed E-state index contributed by atoms with van der Waals surface area (Å²) in [5.41, 5.74) is 2.31. The van der Waals surface area contributed by atoms with Crippen LogP contribution in [0.5, 0.6) is 11.5 Å². The van der Waals surface area contributed by atoms with E-state index < -0.39 is 0 Å². The molecule has 4 nitrogen and oxygen atoms in total. The molecule has 0 unspecified atom stereocenters. The zero-order chi connectivity index (χ0) is 14.3. The number of phenolic OH excluding ortho intramolecular Hbond substituents is 2. The Morgan fingerprint density at radius 3 is 2.75 bits per heavy atom. The van der Waals surface area contributed by atoms with E-state index in [2.05, 4.69) is 21.2 Å². The molecule has 0 bridgehead atoms. The standard InChI is InChI=1S/C15H10BrNO3/c16-12-3-1-2-10-11(15(20)17-14(10)12)7-8-6-9(18)4-5-13(8)19/h1-7,18-19H,(H,17,20)/b11-7+. The fourth-order valence-corrected chi connectivity index (χ4v) is 2.60. The van der Waals surface area contributed by atoms with E-state index in [1.807, 2.05) is 18.2 Å². The highest BCUT2D eigenvalue weighted by Gasteiger charge is 2.25. The van der Waals surface area contributed by atoms with Crippen molar-refractivity contribution < 1.29 is 15.0 Å². The second-order valence-electron chi connectivity index (χ2n) is 4.42. The molecule has 0 atom stereocenters. The number of carbonyl (C=O) groups excluding carboxylic acids is 1. The second-order valence-corrected chi connectivity index (χ2v) is 5.27. The number of aromatic hydroxyl groups is 2. The van der Waals surface area contributed by atoms with Crippen LogP contribution in [0.2, 0.25) is 0 Å². The van der Waals surface area contributed by atoms with Crippen molar-refractivity contribution in [3.8, 4) is 11.5 Å². The van der Waals surface area contributed by atoms with Crippen molar-refractivity contribution in [2.45, 2.75) is 0 Å². The van der Waals surface area contributed by atoms with E-state index in [1.165, 1.54) is 18.2 Å². The lowest BCUT2D eigenvalue weighted by Gasteiger charge is -2.02. The molecule has 1 amide bonds. The summed E-state index contributed by atoms with van der Waals surface area (Å²) in [6, 6.07) is 9.68. The molecule has 100 valence electrons. The zero-order valence-electron chi connectivity index (χ0n) is 10.2. The Kier molecular flexibility index (Phi) is 2.99. The van der Waals surface area contributed by atoms with Crippen LogP contribution in [0.4, 0.5) is 5.69 Å². The van der Waals surface area contributed by atoms with E-state index in [4.69, 9.17) is 0 Å². The number of nitrogens with one attached hydrogen (secondary N) is 1. The molecule has 20 heavy (non-hydrogen) atoms. The third kappa shape index (κ3) is 2.06. The van der Waals surface area contributed by atoms with Gasteiger partial charge in [0.2, 0.25) is 0 Å². The molecular weight excluding hydrogens is 322 g/mol. The maximum absolute atomic E-state index is 12.0. The van der Waals surface area contributed by atoms with Gasteiger partial charge in [-0.25, -0.2) is 0 Å². The van der Waals surface area contributed by atoms with Crippen molar-refractivity contribution in [1.82, 2.24) is 0 Å². The van der Waals surface area contributed by atoms with E-state index >= 15 is 0 Å². The number of fused-ring (bicyclic) bond motifs is 1. The fourth-order valence-electron chi connectivity index (χ4n) is 2.14. The molecule has 0 fully saturated rings. The minimum atomic E-state index is -0.241. The number of benzene rings is 2. The summed E-state index contributed by atoms with van der Waals surface area (Å²) in [5, 5.41) is 22.0. The van der Waals surface area contributed by atoms with Crippen molar-refractivity contribution in [3.63, 3.8) is 0 Å². The Labute approximate surface area is 123 Å². The number of hydrogen-bond donors (Lipinski definition) is 3. The molecule has 3 N–H and O–H groups in total. The number of carbonyl (C=O) groups is 1. The van der Waals surface area contributed by atoms with Crippen LogP contribution in [0.25, 0.3) is 11.6 Å². The van der Waals surface area contributed by atoms with Gasteiger partial charge < -0.3 is 15.5 Å². The van der Waals surface area contributed by atoms with Crippen molar-refractivity contribution in [3.05, 3.63) is 52.0 Å². The lowest BCUT2D eigenvalue weighted by molar-refractivity contribution is -0.110. The molecule has 0 saturated carbocycles. The van der Waals surface area contributed by atoms with Gasteiger partial charge in [-0.15, -0.1) is 0 Å². The molecule has 1 aliphatic heterocycles. The van der Waals surface area contributed by atoms with Gasteiger partial charge in [0, 0.05) is 21.2 Å². The molecule has 0 saturated heterocycles. The third-order valence-corrected chi connectivity index (χ3v) is 3.76. The normalized spacial score (nSPS) is 15.2. The molecule has 1 heterocycles. The molecule has 2 aromatic carbocycles. The van der Waals surface area contributed by atoms with E-state index in [0.717, 1.165) is 10.0 Å². The number of halogens is 1. The van der Waals surface area contributed by atoms with Crippen LogP contribution in [-0.4, -0.2) is 16.1 Å². The summed E-state index contributed by atoms with van der Waals surface area (Å²) in [6.07, 6.45) is 1.56. The van der Waals surface area contributed by atoms with Gasteiger partial charge in [-0.3, -0.25) is 4.79 Å². The van der Waals surface area contributed by atoms with Gasteiger partial charge in [-0.1, -0.05) is 12.1 Å². The number of anilines is 1. The van der Waals surface area contributed by atoms with Crippen LogP contribution < -0.4 is 5.32 Å². The summed E-state index contributed by atoms with van der Waals surface area (Å²) < 4.78 is 0.798. The highest BCUT2D eigenvalue weighted by Crippen LogP contribution is 2.39. The van der Waals surface area contributed by atoms with Gasteiger partial charge in [0.15, 0.2) is 0 Å². The SMILES string of the molecule is O=C1Nc2c(Br)cccc2/C1=C\c1cc(O)ccc1O. The topological polar surface area (TPSA) is 69.6 Å². The molecule has 0 spiro atoms. The first-order valence-electron chi connectivity index (χ1n) is 5.90. The van der Waals surface area contributed by atoms with Crippen LogP contribution in [0, 0.1) is 0 Å². The molecule has 0 aromatic heterocycles. The third-order valence-electron chi connectivity index (χ3n) is 3.10. The molecule has 0 aliphatic carbocycles. The van der Waals surface area contributed by atoms with Crippen LogP contribution in [0.3, 0.4) is 0 Å². The minimum absolute atomic E-state index is 0.00606. The van der Waals surface area contributed by atoms with Gasteiger partial charge in [-0.05, 0) is 46.3 Å². The zero-order valence-corrected chi connectivity index (χ0v) is 11.8. The summed E-state index contributed by atoms with van der Waals surface area (Å²) >= 11 is 3.38. The predicted octanol–water partition coefficient (Wildman–Crippen LogP) is 3.35. The lowest BCUT2D eigenvalue weighted by atomic mass is 10.0. The number of rotatable bonds is 1. The van der Waals surface area contributed by atoms with E-state index in [-0.39, 0.29) is 17.4 Å². The molecule has 3 rings (SSSR count). The number of para-hydroxylation sites is 1. The van der Waals surface area contributed by atoms with Gasteiger partial charge >= 0.3 is 0 Å². The Bertz CT molecular complexity index is 753. The van der Waals surface area contributed by atoms with Crippen LogP contribution in [-0.2, 0) is 4.79 Å². The number of phenols is 2. The monoisotopic (exact) mass is 331 g/mol. The quantitative estimate of drug-likeness (QED) is 0.554. The predicted molar refractivity (Wildman–Crippen MR) is 80.4 cm³/mol. The van der Waals surface area contributed by atoms with E-state index in [0.29, 0.717) is 16.8 Å². The van der Waals surface area contributed by atoms with Crippen LogP contribution in [0.15, 0.2) is 40.9 Å². The highest BCUT2D eigenvalue weighted by molar-refractivity contribution is 9.10. The Morgan fingerprint density at radius 1 is 1.15 bits per heavy atom. The fraction of sp³-hybridized carbons (Fsp3) is 0. The minimum Gasteiger partial charge on any atom is -0.508 e. The first-order chi connectivity index (χ1) is 9.56. The Morgan fingerprint density at radius 2 is 1.95 bits per heavy atom. The molecule has 5 heteroatoms. The molecule has 1 aliphatic rings. The smallest absolute Gasteiger partial charge is 0.256 e. The Balaban J connectivity index is 2.16.